The Morgan fingerprint density at radius 3 is 2.38 bits per heavy atom. The largest absolute Gasteiger partial charge is 0.491 e. The highest BCUT2D eigenvalue weighted by Crippen LogP contribution is 2.22. The van der Waals surface area contributed by atoms with Gasteiger partial charge in [-0.15, -0.1) is 0 Å². The summed E-state index contributed by atoms with van der Waals surface area (Å²) in [6, 6.07) is 15.0. The van der Waals surface area contributed by atoms with Crippen LogP contribution in [0.5, 0.6) is 5.75 Å². The Morgan fingerprint density at radius 1 is 1.12 bits per heavy atom. The van der Waals surface area contributed by atoms with Crippen molar-refractivity contribution in [3.63, 3.8) is 0 Å². The summed E-state index contributed by atoms with van der Waals surface area (Å²) in [6.45, 7) is 4.72. The molecule has 0 spiro atoms. The number of carbonyl (C=O) groups excluding carboxylic acids is 2. The van der Waals surface area contributed by atoms with Crippen molar-refractivity contribution in [2.75, 3.05) is 16.8 Å². The van der Waals surface area contributed by atoms with E-state index in [-0.39, 0.29) is 17.9 Å². The Labute approximate surface area is 154 Å². The van der Waals surface area contributed by atoms with Crippen molar-refractivity contribution in [1.82, 2.24) is 0 Å². The zero-order valence-corrected chi connectivity index (χ0v) is 15.2. The molecule has 0 saturated carbocycles. The minimum Gasteiger partial charge on any atom is -0.491 e. The molecular weight excluding hydrogens is 328 g/mol. The molecule has 26 heavy (non-hydrogen) atoms. The monoisotopic (exact) mass is 352 g/mol. The van der Waals surface area contributed by atoms with Gasteiger partial charge in [-0.3, -0.25) is 9.59 Å². The number of hydrogen-bond donors (Lipinski definition) is 1. The predicted molar refractivity (Wildman–Crippen MR) is 103 cm³/mol. The van der Waals surface area contributed by atoms with Gasteiger partial charge in [0.1, 0.15) is 5.75 Å². The van der Waals surface area contributed by atoms with E-state index in [1.807, 2.05) is 62.4 Å². The molecule has 3 rings (SSSR count). The van der Waals surface area contributed by atoms with Crippen molar-refractivity contribution in [1.29, 1.82) is 0 Å². The summed E-state index contributed by atoms with van der Waals surface area (Å²) in [4.78, 5) is 25.8. The van der Waals surface area contributed by atoms with Gasteiger partial charge in [-0.1, -0.05) is 12.1 Å². The van der Waals surface area contributed by atoms with Gasteiger partial charge in [0.2, 0.25) is 11.8 Å². The van der Waals surface area contributed by atoms with Crippen LogP contribution < -0.4 is 15.0 Å². The van der Waals surface area contributed by atoms with E-state index in [2.05, 4.69) is 5.32 Å². The number of nitrogens with one attached hydrogen (secondary N) is 1. The van der Waals surface area contributed by atoms with E-state index < -0.39 is 0 Å². The highest BCUT2D eigenvalue weighted by molar-refractivity contribution is 5.95. The number of benzene rings is 2. The third-order valence-electron chi connectivity index (χ3n) is 4.20. The number of ether oxygens (including phenoxy) is 1. The van der Waals surface area contributed by atoms with Gasteiger partial charge in [-0.25, -0.2) is 0 Å². The molecule has 1 aliphatic heterocycles. The zero-order chi connectivity index (χ0) is 18.5. The maximum atomic E-state index is 12.2. The first-order valence-corrected chi connectivity index (χ1v) is 8.97. The average molecular weight is 352 g/mol. The molecule has 2 aromatic carbocycles. The Balaban J connectivity index is 1.55. The number of carbonyl (C=O) groups is 2. The quantitative estimate of drug-likeness (QED) is 0.861. The first-order valence-electron chi connectivity index (χ1n) is 8.97. The molecule has 2 amide bonds. The molecule has 136 valence electrons. The van der Waals surface area contributed by atoms with Gasteiger partial charge in [0, 0.05) is 24.3 Å². The summed E-state index contributed by atoms with van der Waals surface area (Å²) in [6.07, 6.45) is 1.93. The van der Waals surface area contributed by atoms with Crippen LogP contribution >= 0.6 is 0 Å². The number of hydrogen-bond acceptors (Lipinski definition) is 3. The van der Waals surface area contributed by atoms with Crippen LogP contribution in [0.1, 0.15) is 32.3 Å². The van der Waals surface area contributed by atoms with Crippen molar-refractivity contribution < 1.29 is 14.3 Å². The van der Waals surface area contributed by atoms with Crippen LogP contribution in [0.25, 0.3) is 0 Å². The van der Waals surface area contributed by atoms with Crippen LogP contribution in [0.4, 0.5) is 11.4 Å². The molecule has 1 heterocycles. The van der Waals surface area contributed by atoms with Crippen LogP contribution in [0.3, 0.4) is 0 Å². The van der Waals surface area contributed by atoms with Crippen molar-refractivity contribution >= 4 is 23.2 Å². The van der Waals surface area contributed by atoms with Crippen LogP contribution in [0.2, 0.25) is 0 Å². The van der Waals surface area contributed by atoms with E-state index in [4.69, 9.17) is 4.74 Å². The van der Waals surface area contributed by atoms with Gasteiger partial charge in [0.25, 0.3) is 0 Å². The fourth-order valence-electron chi connectivity index (χ4n) is 2.99. The predicted octanol–water partition coefficient (Wildman–Crippen LogP) is 3.78. The van der Waals surface area contributed by atoms with Crippen LogP contribution in [-0.4, -0.2) is 24.5 Å². The Hall–Kier alpha value is -2.82. The minimum absolute atomic E-state index is 0.0764. The lowest BCUT2D eigenvalue weighted by molar-refractivity contribution is -0.117. The number of amides is 2. The summed E-state index contributed by atoms with van der Waals surface area (Å²) in [7, 11) is 0. The average Bonchev–Trinajstić information content (AvgIpc) is 3.03. The van der Waals surface area contributed by atoms with Crippen molar-refractivity contribution in [2.45, 2.75) is 39.2 Å². The van der Waals surface area contributed by atoms with Gasteiger partial charge in [-0.05, 0) is 62.2 Å². The molecule has 1 fully saturated rings. The molecule has 1 saturated heterocycles. The van der Waals surface area contributed by atoms with E-state index in [0.29, 0.717) is 12.8 Å². The number of anilines is 2. The van der Waals surface area contributed by atoms with Crippen LogP contribution in [-0.2, 0) is 16.0 Å². The fraction of sp³-hybridized carbons (Fsp3) is 0.333. The fourth-order valence-corrected chi connectivity index (χ4v) is 2.99. The molecule has 0 atom stereocenters. The topological polar surface area (TPSA) is 58.6 Å². The van der Waals surface area contributed by atoms with Crippen molar-refractivity contribution in [3.05, 3.63) is 54.1 Å². The van der Waals surface area contributed by atoms with E-state index in [1.54, 1.807) is 4.90 Å². The lowest BCUT2D eigenvalue weighted by Gasteiger charge is -2.16. The van der Waals surface area contributed by atoms with E-state index in [1.165, 1.54) is 0 Å². The first kappa shape index (κ1) is 18.0. The highest BCUT2D eigenvalue weighted by atomic mass is 16.5. The highest BCUT2D eigenvalue weighted by Gasteiger charge is 2.21. The molecule has 0 radical (unpaired) electrons. The minimum atomic E-state index is -0.0764. The molecule has 0 bridgehead atoms. The lowest BCUT2D eigenvalue weighted by atomic mass is 10.1. The van der Waals surface area contributed by atoms with E-state index in [9.17, 15) is 9.59 Å². The lowest BCUT2D eigenvalue weighted by Crippen LogP contribution is -2.23. The zero-order valence-electron chi connectivity index (χ0n) is 15.2. The molecular formula is C21H24N2O3. The second-order valence-corrected chi connectivity index (χ2v) is 6.73. The maximum absolute atomic E-state index is 12.2. The third-order valence-corrected chi connectivity index (χ3v) is 4.20. The molecule has 0 aliphatic carbocycles. The third kappa shape index (κ3) is 4.63. The Kier molecular flexibility index (Phi) is 5.56. The van der Waals surface area contributed by atoms with Crippen LogP contribution in [0, 0.1) is 0 Å². The summed E-state index contributed by atoms with van der Waals surface area (Å²) < 4.78 is 5.59. The van der Waals surface area contributed by atoms with Gasteiger partial charge < -0.3 is 15.0 Å². The number of nitrogens with zero attached hydrogens (tertiary/aromatic N) is 1. The van der Waals surface area contributed by atoms with Gasteiger partial charge in [0.15, 0.2) is 0 Å². The van der Waals surface area contributed by atoms with Crippen molar-refractivity contribution in [3.8, 4) is 5.75 Å². The molecule has 1 N–H and O–H groups in total. The molecule has 1 aliphatic rings. The molecule has 2 aromatic rings. The van der Waals surface area contributed by atoms with E-state index in [0.717, 1.165) is 35.7 Å². The number of rotatable bonds is 6. The van der Waals surface area contributed by atoms with E-state index >= 15 is 0 Å². The van der Waals surface area contributed by atoms with Gasteiger partial charge >= 0.3 is 0 Å². The molecule has 0 aromatic heterocycles. The Morgan fingerprint density at radius 2 is 1.81 bits per heavy atom. The normalized spacial score (nSPS) is 14.0. The SMILES string of the molecule is CC(C)Oc1ccc(NC(=O)Cc2ccc(N3CCCC3=O)cc2)cc1. The molecule has 0 unspecified atom stereocenters. The smallest absolute Gasteiger partial charge is 0.228 e. The second kappa shape index (κ2) is 8.04. The second-order valence-electron chi connectivity index (χ2n) is 6.73. The Bertz CT molecular complexity index is 767. The van der Waals surface area contributed by atoms with Gasteiger partial charge in [-0.2, -0.15) is 0 Å². The summed E-state index contributed by atoms with van der Waals surface area (Å²) >= 11 is 0. The van der Waals surface area contributed by atoms with Crippen LogP contribution in [0.15, 0.2) is 48.5 Å². The van der Waals surface area contributed by atoms with Gasteiger partial charge in [0.05, 0.1) is 12.5 Å². The summed E-state index contributed by atoms with van der Waals surface area (Å²) in [5.41, 5.74) is 2.56. The summed E-state index contributed by atoms with van der Waals surface area (Å²) in [5, 5.41) is 2.89. The van der Waals surface area contributed by atoms with Crippen molar-refractivity contribution in [2.24, 2.45) is 0 Å². The molecule has 5 nitrogen and oxygen atoms in total. The maximum Gasteiger partial charge on any atom is 0.228 e. The molecule has 5 heteroatoms. The standard InChI is InChI=1S/C21H24N2O3/c1-15(2)26-19-11-7-17(8-12-19)22-20(24)14-16-5-9-18(10-6-16)23-13-3-4-21(23)25/h5-12,15H,3-4,13-14H2,1-2H3,(H,22,24). The summed E-state index contributed by atoms with van der Waals surface area (Å²) in [5.74, 6) is 0.873. The first-order chi connectivity index (χ1) is 12.5.